The smallest absolute Gasteiger partial charge is 0.248 e. The number of carbonyl (C=O) groups excluding carboxylic acids is 1. The largest absolute Gasteiger partial charge is 0.487 e. The first kappa shape index (κ1) is 21.6. The topological polar surface area (TPSA) is 77.7 Å². The summed E-state index contributed by atoms with van der Waals surface area (Å²) in [6.07, 6.45) is 2.71. The highest BCUT2D eigenvalue weighted by Gasteiger charge is 2.30. The molecule has 2 aromatic carbocycles. The van der Waals surface area contributed by atoms with E-state index in [9.17, 15) is 4.79 Å². The van der Waals surface area contributed by atoms with Crippen molar-refractivity contribution in [1.29, 1.82) is 0 Å². The maximum Gasteiger partial charge on any atom is 0.248 e. The fourth-order valence-corrected chi connectivity index (χ4v) is 4.66. The molecule has 2 aliphatic heterocycles. The van der Waals surface area contributed by atoms with Crippen LogP contribution in [0.3, 0.4) is 0 Å². The van der Waals surface area contributed by atoms with E-state index in [2.05, 4.69) is 41.9 Å². The number of pyridine rings is 1. The van der Waals surface area contributed by atoms with Gasteiger partial charge < -0.3 is 15.2 Å². The minimum absolute atomic E-state index is 0.0681. The zero-order valence-electron chi connectivity index (χ0n) is 19.1. The van der Waals surface area contributed by atoms with E-state index in [-0.39, 0.29) is 11.7 Å². The van der Waals surface area contributed by atoms with E-state index in [0.29, 0.717) is 12.2 Å². The Morgan fingerprint density at radius 2 is 2.03 bits per heavy atom. The molecule has 5 rings (SSSR count). The molecule has 0 radical (unpaired) electrons. The maximum absolute atomic E-state index is 11.5. The van der Waals surface area contributed by atoms with Gasteiger partial charge in [-0.1, -0.05) is 30.3 Å². The van der Waals surface area contributed by atoms with Crippen LogP contribution in [0.2, 0.25) is 0 Å². The number of ether oxygens (including phenoxy) is 2. The lowest BCUT2D eigenvalue weighted by atomic mass is 10.00. The normalized spacial score (nSPS) is 19.6. The summed E-state index contributed by atoms with van der Waals surface area (Å²) in [5.41, 5.74) is 11.1. The highest BCUT2D eigenvalue weighted by atomic mass is 16.5. The lowest BCUT2D eigenvalue weighted by molar-refractivity contribution is -0.0349. The van der Waals surface area contributed by atoms with Gasteiger partial charge in [0.05, 0.1) is 12.3 Å². The van der Waals surface area contributed by atoms with Gasteiger partial charge in [0.25, 0.3) is 0 Å². The van der Waals surface area contributed by atoms with Crippen LogP contribution < -0.4 is 10.5 Å². The van der Waals surface area contributed by atoms with Gasteiger partial charge in [0.1, 0.15) is 17.5 Å². The molecule has 6 heteroatoms. The molecule has 6 nitrogen and oxygen atoms in total. The van der Waals surface area contributed by atoms with Crippen molar-refractivity contribution >= 4 is 5.91 Å². The van der Waals surface area contributed by atoms with Crippen LogP contribution >= 0.6 is 0 Å². The fraction of sp³-hybridized carbons (Fsp3) is 0.333. The van der Waals surface area contributed by atoms with Gasteiger partial charge in [0, 0.05) is 43.4 Å². The number of rotatable bonds is 5. The van der Waals surface area contributed by atoms with Crippen LogP contribution in [0.4, 0.5) is 0 Å². The Morgan fingerprint density at radius 1 is 1.15 bits per heavy atom. The Labute approximate surface area is 194 Å². The van der Waals surface area contributed by atoms with E-state index in [1.54, 1.807) is 12.1 Å². The van der Waals surface area contributed by atoms with Crippen molar-refractivity contribution in [3.63, 3.8) is 0 Å². The molecular weight excluding hydrogens is 414 g/mol. The van der Waals surface area contributed by atoms with Crippen molar-refractivity contribution in [2.24, 2.45) is 5.73 Å². The van der Waals surface area contributed by atoms with Gasteiger partial charge in [0.2, 0.25) is 5.91 Å². The van der Waals surface area contributed by atoms with Crippen LogP contribution in [0.1, 0.15) is 47.1 Å². The Morgan fingerprint density at radius 3 is 2.82 bits per heavy atom. The number of morpholine rings is 1. The molecule has 170 valence electrons. The summed E-state index contributed by atoms with van der Waals surface area (Å²) < 4.78 is 12.1. The SMILES string of the molecule is CC1(C)Cc2cc(CN3CCO[C@H](c4ccc(-c5cccc(C(N)=O)c5)cn4)C3)ccc2O1. The highest BCUT2D eigenvalue weighted by molar-refractivity contribution is 5.94. The number of amides is 1. The first-order valence-corrected chi connectivity index (χ1v) is 11.4. The van der Waals surface area contributed by atoms with Crippen LogP contribution in [0.25, 0.3) is 11.1 Å². The Kier molecular flexibility index (Phi) is 5.64. The van der Waals surface area contributed by atoms with Crippen LogP contribution in [0.5, 0.6) is 5.75 Å². The molecule has 0 saturated carbocycles. The molecule has 0 spiro atoms. The minimum Gasteiger partial charge on any atom is -0.487 e. The van der Waals surface area contributed by atoms with Gasteiger partial charge in [-0.3, -0.25) is 14.7 Å². The Balaban J connectivity index is 1.26. The molecule has 1 fully saturated rings. The second-order valence-corrected chi connectivity index (χ2v) is 9.49. The van der Waals surface area contributed by atoms with E-state index in [1.165, 1.54) is 11.1 Å². The van der Waals surface area contributed by atoms with E-state index in [0.717, 1.165) is 48.6 Å². The number of benzene rings is 2. The summed E-state index contributed by atoms with van der Waals surface area (Å²) in [5.74, 6) is 0.575. The van der Waals surface area contributed by atoms with E-state index < -0.39 is 5.91 Å². The lowest BCUT2D eigenvalue weighted by Crippen LogP contribution is -2.38. The maximum atomic E-state index is 11.5. The molecule has 1 amide bonds. The Hall–Kier alpha value is -3.22. The lowest BCUT2D eigenvalue weighted by Gasteiger charge is -2.32. The number of fused-ring (bicyclic) bond motifs is 1. The summed E-state index contributed by atoms with van der Waals surface area (Å²) in [4.78, 5) is 18.6. The summed E-state index contributed by atoms with van der Waals surface area (Å²) in [5, 5.41) is 0. The second-order valence-electron chi connectivity index (χ2n) is 9.49. The molecule has 1 saturated heterocycles. The third kappa shape index (κ3) is 4.77. The van der Waals surface area contributed by atoms with E-state index >= 15 is 0 Å². The molecule has 3 aromatic rings. The number of aromatic nitrogens is 1. The van der Waals surface area contributed by atoms with Gasteiger partial charge in [-0.2, -0.15) is 0 Å². The number of hydrogen-bond acceptors (Lipinski definition) is 5. The average Bonchev–Trinajstić information content (AvgIpc) is 3.12. The molecule has 1 atom stereocenters. The van der Waals surface area contributed by atoms with Crippen molar-refractivity contribution in [1.82, 2.24) is 9.88 Å². The van der Waals surface area contributed by atoms with Gasteiger partial charge in [-0.25, -0.2) is 0 Å². The van der Waals surface area contributed by atoms with Crippen molar-refractivity contribution in [3.05, 3.63) is 83.2 Å². The monoisotopic (exact) mass is 443 g/mol. The van der Waals surface area contributed by atoms with E-state index in [1.807, 2.05) is 30.5 Å². The average molecular weight is 444 g/mol. The van der Waals surface area contributed by atoms with Gasteiger partial charge in [-0.05, 0) is 54.8 Å². The summed E-state index contributed by atoms with van der Waals surface area (Å²) >= 11 is 0. The summed E-state index contributed by atoms with van der Waals surface area (Å²) in [7, 11) is 0. The van der Waals surface area contributed by atoms with Gasteiger partial charge >= 0.3 is 0 Å². The molecule has 0 aliphatic carbocycles. The van der Waals surface area contributed by atoms with Gasteiger partial charge in [-0.15, -0.1) is 0 Å². The molecular formula is C27H29N3O3. The number of nitrogens with two attached hydrogens (primary N) is 1. The summed E-state index contributed by atoms with van der Waals surface area (Å²) in [6, 6.07) is 17.9. The number of carbonyl (C=O) groups is 1. The van der Waals surface area contributed by atoms with Crippen molar-refractivity contribution in [2.75, 3.05) is 19.7 Å². The minimum atomic E-state index is -0.434. The van der Waals surface area contributed by atoms with Gasteiger partial charge in [0.15, 0.2) is 0 Å². The van der Waals surface area contributed by atoms with Crippen LogP contribution in [-0.4, -0.2) is 41.1 Å². The fourth-order valence-electron chi connectivity index (χ4n) is 4.66. The van der Waals surface area contributed by atoms with Crippen LogP contribution in [-0.2, 0) is 17.7 Å². The first-order valence-electron chi connectivity index (χ1n) is 11.4. The molecule has 2 aliphatic rings. The number of nitrogens with zero attached hydrogens (tertiary/aromatic N) is 2. The highest BCUT2D eigenvalue weighted by Crippen LogP contribution is 2.35. The molecule has 3 heterocycles. The van der Waals surface area contributed by atoms with Crippen LogP contribution in [0.15, 0.2) is 60.8 Å². The second kappa shape index (κ2) is 8.61. The molecule has 0 unspecified atom stereocenters. The predicted molar refractivity (Wildman–Crippen MR) is 127 cm³/mol. The Bertz CT molecular complexity index is 1170. The standard InChI is InChI=1S/C27H29N3O3/c1-27(2)14-22-12-18(6-9-24(22)33-27)16-30-10-11-32-25(17-30)23-8-7-21(15-29-23)19-4-3-5-20(13-19)26(28)31/h3-9,12-13,15,25H,10-11,14,16-17H2,1-2H3,(H2,28,31)/t25-/m0/s1. The van der Waals surface area contributed by atoms with Crippen molar-refractivity contribution in [3.8, 4) is 16.9 Å². The molecule has 0 bridgehead atoms. The molecule has 33 heavy (non-hydrogen) atoms. The quantitative estimate of drug-likeness (QED) is 0.641. The molecule has 2 N–H and O–H groups in total. The summed E-state index contributed by atoms with van der Waals surface area (Å²) in [6.45, 7) is 7.51. The third-order valence-electron chi connectivity index (χ3n) is 6.28. The van der Waals surface area contributed by atoms with Crippen molar-refractivity contribution in [2.45, 2.75) is 38.5 Å². The first-order chi connectivity index (χ1) is 15.9. The zero-order valence-corrected chi connectivity index (χ0v) is 19.1. The zero-order chi connectivity index (χ0) is 23.0. The third-order valence-corrected chi connectivity index (χ3v) is 6.28. The van der Waals surface area contributed by atoms with Crippen molar-refractivity contribution < 1.29 is 14.3 Å². The van der Waals surface area contributed by atoms with E-state index in [4.69, 9.17) is 15.2 Å². The molecule has 1 aromatic heterocycles. The number of primary amides is 1. The van der Waals surface area contributed by atoms with Crippen LogP contribution in [0, 0.1) is 0 Å². The number of hydrogen-bond donors (Lipinski definition) is 1. The predicted octanol–water partition coefficient (Wildman–Crippen LogP) is 4.13.